The van der Waals surface area contributed by atoms with Crippen LogP contribution in [-0.2, 0) is 0 Å². The molecule has 1 fully saturated rings. The fraction of sp³-hybridized carbons (Fsp3) is 0.208. The van der Waals surface area contributed by atoms with Crippen molar-refractivity contribution in [3.05, 3.63) is 66.0 Å². The van der Waals surface area contributed by atoms with Gasteiger partial charge < -0.3 is 21.4 Å². The van der Waals surface area contributed by atoms with Crippen molar-refractivity contribution in [1.82, 2.24) is 15.0 Å². The number of aromatic nitrogens is 3. The maximum Gasteiger partial charge on any atom is 0.251 e. The number of imidazole rings is 1. The average Bonchev–Trinajstić information content (AvgIpc) is 3.37. The van der Waals surface area contributed by atoms with E-state index < -0.39 is 23.1 Å². The summed E-state index contributed by atoms with van der Waals surface area (Å²) in [4.78, 5) is 25.9. The van der Waals surface area contributed by atoms with Gasteiger partial charge in [-0.15, -0.1) is 0 Å². The molecule has 2 aromatic heterocycles. The minimum Gasteiger partial charge on any atom is -0.368 e. The zero-order chi connectivity index (χ0) is 23.3. The van der Waals surface area contributed by atoms with Gasteiger partial charge >= 0.3 is 0 Å². The second-order valence-electron chi connectivity index (χ2n) is 8.69. The topological polar surface area (TPSA) is 114 Å². The Balaban J connectivity index is 1.74. The fourth-order valence-corrected chi connectivity index (χ4v) is 4.36. The first-order chi connectivity index (χ1) is 15.7. The predicted molar refractivity (Wildman–Crippen MR) is 123 cm³/mol. The molecule has 2 aromatic carbocycles. The SMILES string of the molecule is CC1(N)CCN(c2c(-c3ccc(F)c(C(N)=O)c3)cncc2-c2nc3c(F)cccc3[nH]2)C1. The molecule has 0 aliphatic carbocycles. The predicted octanol–water partition coefficient (Wildman–Crippen LogP) is 3.60. The van der Waals surface area contributed by atoms with Crippen LogP contribution in [0.25, 0.3) is 33.5 Å². The molecule has 1 amide bonds. The smallest absolute Gasteiger partial charge is 0.251 e. The number of fused-ring (bicyclic) bond motifs is 1. The number of carbonyl (C=O) groups is 1. The lowest BCUT2D eigenvalue weighted by Gasteiger charge is -2.26. The molecular weight excluding hydrogens is 426 g/mol. The van der Waals surface area contributed by atoms with Crippen molar-refractivity contribution in [2.75, 3.05) is 18.0 Å². The van der Waals surface area contributed by atoms with Gasteiger partial charge in [-0.1, -0.05) is 12.1 Å². The van der Waals surface area contributed by atoms with Crippen molar-refractivity contribution in [3.8, 4) is 22.5 Å². The van der Waals surface area contributed by atoms with E-state index in [1.165, 1.54) is 18.2 Å². The molecule has 1 saturated heterocycles. The van der Waals surface area contributed by atoms with E-state index in [9.17, 15) is 13.6 Å². The Morgan fingerprint density at radius 1 is 1.15 bits per heavy atom. The van der Waals surface area contributed by atoms with Crippen molar-refractivity contribution in [1.29, 1.82) is 0 Å². The molecule has 33 heavy (non-hydrogen) atoms. The first-order valence-electron chi connectivity index (χ1n) is 10.5. The van der Waals surface area contributed by atoms with Crippen LogP contribution >= 0.6 is 0 Å². The van der Waals surface area contributed by atoms with E-state index in [0.717, 1.165) is 12.1 Å². The minimum absolute atomic E-state index is 0.209. The van der Waals surface area contributed by atoms with Crippen LogP contribution in [0.1, 0.15) is 23.7 Å². The summed E-state index contributed by atoms with van der Waals surface area (Å²) in [6, 6.07) is 8.91. The maximum atomic E-state index is 14.3. The molecule has 9 heteroatoms. The number of hydrogen-bond donors (Lipinski definition) is 3. The standard InChI is InChI=1S/C24H22F2N6O/c1-24(28)7-8-32(12-24)21-15(13-5-6-17(25)14(9-13)22(27)33)10-29-11-16(21)23-30-19-4-2-3-18(26)20(19)31-23/h2-6,9-11H,7-8,12,28H2,1H3,(H2,27,33)(H,30,31). The number of nitrogens with two attached hydrogens (primary N) is 2. The van der Waals surface area contributed by atoms with Gasteiger partial charge in [-0.3, -0.25) is 9.78 Å². The summed E-state index contributed by atoms with van der Waals surface area (Å²) >= 11 is 0. The lowest BCUT2D eigenvalue weighted by atomic mass is 9.99. The molecule has 0 spiro atoms. The Bertz CT molecular complexity index is 1400. The molecule has 7 nitrogen and oxygen atoms in total. The summed E-state index contributed by atoms with van der Waals surface area (Å²) in [5.74, 6) is -1.54. The highest BCUT2D eigenvalue weighted by atomic mass is 19.1. The summed E-state index contributed by atoms with van der Waals surface area (Å²) in [7, 11) is 0. The number of nitrogens with one attached hydrogen (secondary N) is 1. The van der Waals surface area contributed by atoms with Crippen LogP contribution in [0, 0.1) is 11.6 Å². The summed E-state index contributed by atoms with van der Waals surface area (Å²) in [5, 5.41) is 0. The number of anilines is 1. The van der Waals surface area contributed by atoms with Crippen LogP contribution in [0.5, 0.6) is 0 Å². The van der Waals surface area contributed by atoms with Crippen LogP contribution in [-0.4, -0.2) is 39.5 Å². The van der Waals surface area contributed by atoms with Gasteiger partial charge in [0.1, 0.15) is 17.2 Å². The first-order valence-corrected chi connectivity index (χ1v) is 10.5. The summed E-state index contributed by atoms with van der Waals surface area (Å²) in [6.07, 6.45) is 4.06. The Labute approximate surface area is 188 Å². The molecule has 1 unspecified atom stereocenters. The molecule has 5 rings (SSSR count). The third kappa shape index (κ3) is 3.70. The Morgan fingerprint density at radius 2 is 1.94 bits per heavy atom. The number of nitrogens with zero attached hydrogens (tertiary/aromatic N) is 3. The molecule has 0 radical (unpaired) electrons. The number of H-pyrrole nitrogens is 1. The number of pyridine rings is 1. The molecule has 1 atom stereocenters. The van der Waals surface area contributed by atoms with Crippen molar-refractivity contribution in [2.45, 2.75) is 18.9 Å². The van der Waals surface area contributed by atoms with Crippen LogP contribution in [0.3, 0.4) is 0 Å². The van der Waals surface area contributed by atoms with Crippen LogP contribution in [0.4, 0.5) is 14.5 Å². The van der Waals surface area contributed by atoms with Crippen molar-refractivity contribution >= 4 is 22.6 Å². The molecule has 1 aliphatic heterocycles. The summed E-state index contributed by atoms with van der Waals surface area (Å²) in [6.45, 7) is 3.22. The van der Waals surface area contributed by atoms with Gasteiger partial charge in [0.25, 0.3) is 5.91 Å². The van der Waals surface area contributed by atoms with Gasteiger partial charge in [0, 0.05) is 36.6 Å². The van der Waals surface area contributed by atoms with Gasteiger partial charge in [0.05, 0.1) is 22.3 Å². The number of para-hydroxylation sites is 1. The largest absolute Gasteiger partial charge is 0.368 e. The normalized spacial score (nSPS) is 18.2. The number of rotatable bonds is 4. The molecule has 0 saturated carbocycles. The minimum atomic E-state index is -0.858. The summed E-state index contributed by atoms with van der Waals surface area (Å²) < 4.78 is 28.5. The van der Waals surface area contributed by atoms with E-state index >= 15 is 0 Å². The molecule has 1 aliphatic rings. The monoisotopic (exact) mass is 448 g/mol. The Kier molecular flexibility index (Phi) is 4.86. The number of hydrogen-bond acceptors (Lipinski definition) is 5. The van der Waals surface area contributed by atoms with E-state index in [2.05, 4.69) is 19.9 Å². The highest BCUT2D eigenvalue weighted by molar-refractivity contribution is 5.96. The number of amides is 1. The number of benzene rings is 2. The van der Waals surface area contributed by atoms with E-state index in [1.54, 1.807) is 30.6 Å². The van der Waals surface area contributed by atoms with Crippen molar-refractivity contribution < 1.29 is 13.6 Å². The number of carbonyl (C=O) groups excluding carboxylic acids is 1. The van der Waals surface area contributed by atoms with Gasteiger partial charge in [-0.05, 0) is 43.2 Å². The van der Waals surface area contributed by atoms with E-state index in [0.29, 0.717) is 41.1 Å². The van der Waals surface area contributed by atoms with Crippen LogP contribution in [0.15, 0.2) is 48.8 Å². The van der Waals surface area contributed by atoms with Gasteiger partial charge in [0.2, 0.25) is 0 Å². The van der Waals surface area contributed by atoms with Crippen molar-refractivity contribution in [3.63, 3.8) is 0 Å². The molecule has 5 N–H and O–H groups in total. The number of aromatic amines is 1. The van der Waals surface area contributed by atoms with E-state index in [1.807, 2.05) is 6.92 Å². The van der Waals surface area contributed by atoms with Crippen LogP contribution < -0.4 is 16.4 Å². The van der Waals surface area contributed by atoms with Crippen molar-refractivity contribution in [2.24, 2.45) is 11.5 Å². The fourth-order valence-electron chi connectivity index (χ4n) is 4.36. The lowest BCUT2D eigenvalue weighted by molar-refractivity contribution is 0.0996. The van der Waals surface area contributed by atoms with Crippen LogP contribution in [0.2, 0.25) is 0 Å². The first kappa shape index (κ1) is 21.0. The highest BCUT2D eigenvalue weighted by Crippen LogP contribution is 2.41. The average molecular weight is 448 g/mol. The Morgan fingerprint density at radius 3 is 2.64 bits per heavy atom. The number of halogens is 2. The Hall–Kier alpha value is -3.85. The third-order valence-electron chi connectivity index (χ3n) is 6.00. The second-order valence-corrected chi connectivity index (χ2v) is 8.69. The lowest BCUT2D eigenvalue weighted by Crippen LogP contribution is -2.39. The van der Waals surface area contributed by atoms with Gasteiger partial charge in [-0.2, -0.15) is 0 Å². The molecular formula is C24H22F2N6O. The quantitative estimate of drug-likeness (QED) is 0.441. The van der Waals surface area contributed by atoms with E-state index in [4.69, 9.17) is 11.5 Å². The zero-order valence-electron chi connectivity index (χ0n) is 17.9. The van der Waals surface area contributed by atoms with Gasteiger partial charge in [0.15, 0.2) is 5.82 Å². The summed E-state index contributed by atoms with van der Waals surface area (Å²) in [5.41, 5.74) is 14.6. The zero-order valence-corrected chi connectivity index (χ0v) is 17.9. The maximum absolute atomic E-state index is 14.3. The molecule has 4 aromatic rings. The molecule has 3 heterocycles. The number of primary amides is 1. The van der Waals surface area contributed by atoms with Gasteiger partial charge in [-0.25, -0.2) is 13.8 Å². The highest BCUT2D eigenvalue weighted by Gasteiger charge is 2.33. The molecule has 0 bridgehead atoms. The molecule has 168 valence electrons. The second kappa shape index (κ2) is 7.63. The third-order valence-corrected chi connectivity index (χ3v) is 6.00. The van der Waals surface area contributed by atoms with E-state index in [-0.39, 0.29) is 11.1 Å².